The van der Waals surface area contributed by atoms with Crippen molar-refractivity contribution in [1.29, 1.82) is 0 Å². The predicted octanol–water partition coefficient (Wildman–Crippen LogP) is 3.68. The summed E-state index contributed by atoms with van der Waals surface area (Å²) in [5, 5.41) is 1.86. The van der Waals surface area contributed by atoms with E-state index in [9.17, 15) is 4.21 Å². The smallest absolute Gasteiger partial charge is 0.147 e. The summed E-state index contributed by atoms with van der Waals surface area (Å²) in [6.45, 7) is 10.4. The standard InChI is InChI=1S/C22H31ClN6O2S2/c1-14-19(28-33(30)21(2,3)4)22(13-31-14)5-7-29(8-6-22)17-11-26-18(12-25-17)32-20-16(23)9-15(24)10-27-20/h9-12,14,19,28H,5-8,13,24H2,1-4H3/t14-,19+,33?/m0/s1. The summed E-state index contributed by atoms with van der Waals surface area (Å²) in [4.78, 5) is 15.7. The maximum Gasteiger partial charge on any atom is 0.147 e. The number of nitrogens with one attached hydrogen (secondary N) is 1. The van der Waals surface area contributed by atoms with Gasteiger partial charge in [-0.05, 0) is 58.4 Å². The van der Waals surface area contributed by atoms with E-state index in [1.165, 1.54) is 11.8 Å². The van der Waals surface area contributed by atoms with Gasteiger partial charge >= 0.3 is 0 Å². The fourth-order valence-electron chi connectivity index (χ4n) is 4.27. The number of nitrogen functional groups attached to an aromatic ring is 1. The Morgan fingerprint density at radius 2 is 1.97 bits per heavy atom. The fourth-order valence-corrected chi connectivity index (χ4v) is 6.26. The second kappa shape index (κ2) is 9.65. The summed E-state index contributed by atoms with van der Waals surface area (Å²) in [6, 6.07) is 1.75. The zero-order valence-corrected chi connectivity index (χ0v) is 21.8. The molecule has 3 atom stereocenters. The summed E-state index contributed by atoms with van der Waals surface area (Å²) in [6.07, 6.45) is 7.04. The third kappa shape index (κ3) is 5.45. The van der Waals surface area contributed by atoms with Gasteiger partial charge in [0.05, 0.1) is 63.8 Å². The highest BCUT2D eigenvalue weighted by molar-refractivity contribution is 7.99. The molecule has 33 heavy (non-hydrogen) atoms. The van der Waals surface area contributed by atoms with Crippen molar-refractivity contribution in [3.8, 4) is 0 Å². The van der Waals surface area contributed by atoms with Crippen molar-refractivity contribution in [3.63, 3.8) is 0 Å². The predicted molar refractivity (Wildman–Crippen MR) is 134 cm³/mol. The van der Waals surface area contributed by atoms with Crippen LogP contribution in [-0.2, 0) is 15.7 Å². The van der Waals surface area contributed by atoms with Crippen LogP contribution in [0.25, 0.3) is 0 Å². The van der Waals surface area contributed by atoms with Gasteiger partial charge in [-0.15, -0.1) is 0 Å². The van der Waals surface area contributed by atoms with E-state index in [1.54, 1.807) is 24.7 Å². The van der Waals surface area contributed by atoms with Crippen LogP contribution in [0.1, 0.15) is 40.5 Å². The fraction of sp³-hybridized carbons (Fsp3) is 0.591. The Hall–Kier alpha value is -1.46. The third-order valence-electron chi connectivity index (χ3n) is 6.28. The minimum absolute atomic E-state index is 0.0162. The molecule has 2 aliphatic rings. The molecule has 2 aromatic heterocycles. The Morgan fingerprint density at radius 1 is 1.24 bits per heavy atom. The minimum Gasteiger partial charge on any atom is -0.397 e. The highest BCUT2D eigenvalue weighted by atomic mass is 35.5. The second-order valence-corrected chi connectivity index (χ2v) is 13.1. The first-order valence-electron chi connectivity index (χ1n) is 11.0. The van der Waals surface area contributed by atoms with Crippen molar-refractivity contribution in [2.24, 2.45) is 5.41 Å². The normalized spacial score (nSPS) is 23.7. The number of anilines is 2. The molecular formula is C22H31ClN6O2S2. The molecule has 180 valence electrons. The molecular weight excluding hydrogens is 480 g/mol. The Morgan fingerprint density at radius 3 is 2.58 bits per heavy atom. The number of nitrogens with two attached hydrogens (primary N) is 1. The van der Waals surface area contributed by atoms with Gasteiger partial charge in [0.1, 0.15) is 15.9 Å². The Balaban J connectivity index is 1.39. The molecule has 2 fully saturated rings. The highest BCUT2D eigenvalue weighted by Crippen LogP contribution is 2.43. The van der Waals surface area contributed by atoms with Gasteiger partial charge in [-0.1, -0.05) is 11.6 Å². The first-order valence-corrected chi connectivity index (χ1v) is 13.4. The summed E-state index contributed by atoms with van der Waals surface area (Å²) >= 11 is 7.57. The van der Waals surface area contributed by atoms with Gasteiger partial charge in [0.2, 0.25) is 0 Å². The van der Waals surface area contributed by atoms with Gasteiger partial charge < -0.3 is 15.4 Å². The van der Waals surface area contributed by atoms with E-state index in [0.717, 1.165) is 36.8 Å². The van der Waals surface area contributed by atoms with Crippen LogP contribution in [0.5, 0.6) is 0 Å². The largest absolute Gasteiger partial charge is 0.397 e. The monoisotopic (exact) mass is 510 g/mol. The molecule has 11 heteroatoms. The number of halogens is 1. The number of rotatable bonds is 5. The molecule has 2 aliphatic heterocycles. The number of piperidine rings is 1. The molecule has 2 aromatic rings. The van der Waals surface area contributed by atoms with Crippen LogP contribution in [0.2, 0.25) is 5.02 Å². The average molecular weight is 511 g/mol. The lowest BCUT2D eigenvalue weighted by molar-refractivity contribution is 0.0973. The van der Waals surface area contributed by atoms with Crippen LogP contribution in [0.4, 0.5) is 11.5 Å². The molecule has 3 N–H and O–H groups in total. The minimum atomic E-state index is -1.13. The van der Waals surface area contributed by atoms with Crippen LogP contribution < -0.4 is 15.4 Å². The third-order valence-corrected chi connectivity index (χ3v) is 9.20. The van der Waals surface area contributed by atoms with Crippen LogP contribution in [0, 0.1) is 5.41 Å². The quantitative estimate of drug-likeness (QED) is 0.627. The van der Waals surface area contributed by atoms with Crippen molar-refractivity contribution in [1.82, 2.24) is 19.7 Å². The lowest BCUT2D eigenvalue weighted by Gasteiger charge is -2.43. The number of aromatic nitrogens is 3. The maximum atomic E-state index is 12.8. The van der Waals surface area contributed by atoms with Crippen LogP contribution >= 0.6 is 23.4 Å². The number of pyridine rings is 1. The maximum absolute atomic E-state index is 12.8. The van der Waals surface area contributed by atoms with E-state index in [1.807, 2.05) is 20.8 Å². The first kappa shape index (κ1) is 24.7. The molecule has 0 radical (unpaired) electrons. The summed E-state index contributed by atoms with van der Waals surface area (Å²) in [7, 11) is -1.13. The zero-order chi connectivity index (χ0) is 23.8. The van der Waals surface area contributed by atoms with Crippen molar-refractivity contribution < 1.29 is 8.95 Å². The summed E-state index contributed by atoms with van der Waals surface area (Å²) < 4.78 is 21.9. The molecule has 8 nitrogen and oxygen atoms in total. The Bertz CT molecular complexity index is 1010. The van der Waals surface area contributed by atoms with Gasteiger partial charge in [-0.2, -0.15) is 0 Å². The van der Waals surface area contributed by atoms with E-state index >= 15 is 0 Å². The van der Waals surface area contributed by atoms with Gasteiger partial charge in [-0.25, -0.2) is 23.9 Å². The van der Waals surface area contributed by atoms with E-state index in [-0.39, 0.29) is 22.3 Å². The highest BCUT2D eigenvalue weighted by Gasteiger charge is 2.50. The number of ether oxygens (including phenoxy) is 1. The summed E-state index contributed by atoms with van der Waals surface area (Å²) in [5.74, 6) is 0.848. The molecule has 2 saturated heterocycles. The SMILES string of the molecule is C[C@@H]1OCC2(CCN(c3cnc(Sc4ncc(N)cc4Cl)cn3)CC2)[C@@H]1NS(=O)C(C)(C)C. The number of nitrogens with zero attached hydrogens (tertiary/aromatic N) is 4. The topological polar surface area (TPSA) is 106 Å². The average Bonchev–Trinajstić information content (AvgIpc) is 3.06. The van der Waals surface area contributed by atoms with Gasteiger partial charge in [-0.3, -0.25) is 0 Å². The Labute approximate surface area is 207 Å². The first-order chi connectivity index (χ1) is 15.6. The van der Waals surface area contributed by atoms with Crippen molar-refractivity contribution in [2.75, 3.05) is 30.3 Å². The molecule has 0 amide bonds. The molecule has 0 aliphatic carbocycles. The van der Waals surface area contributed by atoms with Gasteiger partial charge in [0, 0.05) is 18.5 Å². The molecule has 1 unspecified atom stereocenters. The van der Waals surface area contributed by atoms with E-state index in [0.29, 0.717) is 22.3 Å². The van der Waals surface area contributed by atoms with Crippen molar-refractivity contribution in [3.05, 3.63) is 29.7 Å². The molecule has 0 bridgehead atoms. The van der Waals surface area contributed by atoms with Crippen molar-refractivity contribution in [2.45, 2.75) is 67.5 Å². The van der Waals surface area contributed by atoms with E-state index < -0.39 is 11.0 Å². The van der Waals surface area contributed by atoms with Gasteiger partial charge in [0.25, 0.3) is 0 Å². The number of hydrogen-bond acceptors (Lipinski definition) is 8. The lowest BCUT2D eigenvalue weighted by atomic mass is 9.73. The summed E-state index contributed by atoms with van der Waals surface area (Å²) in [5.41, 5.74) is 6.22. The van der Waals surface area contributed by atoms with Gasteiger partial charge in [0.15, 0.2) is 0 Å². The lowest BCUT2D eigenvalue weighted by Crippen LogP contribution is -2.55. The van der Waals surface area contributed by atoms with Crippen LogP contribution in [-0.4, -0.2) is 55.8 Å². The number of hydrogen-bond donors (Lipinski definition) is 2. The molecule has 4 rings (SSSR count). The van der Waals surface area contributed by atoms with E-state index in [2.05, 4.69) is 31.5 Å². The molecule has 0 aromatic carbocycles. The Kier molecular flexibility index (Phi) is 7.21. The van der Waals surface area contributed by atoms with Crippen molar-refractivity contribution >= 4 is 45.9 Å². The zero-order valence-electron chi connectivity index (χ0n) is 19.4. The molecule has 0 saturated carbocycles. The van der Waals surface area contributed by atoms with Crippen LogP contribution in [0.15, 0.2) is 34.7 Å². The molecule has 1 spiro atoms. The van der Waals surface area contributed by atoms with E-state index in [4.69, 9.17) is 22.1 Å². The molecule has 4 heterocycles. The van der Waals surface area contributed by atoms with Crippen LogP contribution in [0.3, 0.4) is 0 Å². The second-order valence-electron chi connectivity index (χ2n) is 9.71.